The molecule has 2 bridgehead atoms. The number of hydrogen-bond donors (Lipinski definition) is 3. The van der Waals surface area contributed by atoms with Crippen molar-refractivity contribution in [2.75, 3.05) is 0 Å². The first-order valence-electron chi connectivity index (χ1n) is 9.31. The Morgan fingerprint density at radius 2 is 1.76 bits per heavy atom. The summed E-state index contributed by atoms with van der Waals surface area (Å²) in [6, 6.07) is 0. The number of hydrogen-bond acceptors (Lipinski definition) is 5. The van der Waals surface area contributed by atoms with Crippen LogP contribution in [-0.2, 0) is 9.59 Å². The van der Waals surface area contributed by atoms with Gasteiger partial charge < -0.3 is 15.3 Å². The lowest BCUT2D eigenvalue weighted by molar-refractivity contribution is -0.227. The van der Waals surface area contributed by atoms with Crippen molar-refractivity contribution in [3.05, 3.63) is 12.2 Å². The highest BCUT2D eigenvalue weighted by molar-refractivity contribution is 6.08. The van der Waals surface area contributed by atoms with E-state index in [-0.39, 0.29) is 17.5 Å². The lowest BCUT2D eigenvalue weighted by Gasteiger charge is -2.64. The Morgan fingerprint density at radius 1 is 1.12 bits per heavy atom. The first-order chi connectivity index (χ1) is 11.5. The van der Waals surface area contributed by atoms with Gasteiger partial charge in [-0.2, -0.15) is 0 Å². The molecule has 0 heterocycles. The summed E-state index contributed by atoms with van der Waals surface area (Å²) in [6.07, 6.45) is -0.852. The zero-order valence-electron chi connectivity index (χ0n) is 15.2. The summed E-state index contributed by atoms with van der Waals surface area (Å²) in [5.41, 5.74) is -2.11. The van der Waals surface area contributed by atoms with E-state index in [0.29, 0.717) is 31.3 Å². The van der Waals surface area contributed by atoms with E-state index in [1.165, 1.54) is 0 Å². The average Bonchev–Trinajstić information content (AvgIpc) is 2.72. The summed E-state index contributed by atoms with van der Waals surface area (Å²) in [5.74, 6) is -1.79. The third-order valence-electron chi connectivity index (χ3n) is 8.23. The van der Waals surface area contributed by atoms with Crippen LogP contribution in [0.25, 0.3) is 0 Å². The first kappa shape index (κ1) is 17.4. The Balaban J connectivity index is 1.94. The van der Waals surface area contributed by atoms with Crippen LogP contribution in [0.4, 0.5) is 0 Å². The SMILES string of the molecule is C=C1C(=O)[C@]23C[C@H]1C[C@H](O)[C@H]2[C@]1(C)CC[C@H](O)C(C)(C)[C@H]1C(=O)[C@H]3O. The number of aliphatic hydroxyl groups excluding tert-OH is 3. The molecule has 1 spiro atoms. The van der Waals surface area contributed by atoms with Crippen LogP contribution in [0.1, 0.15) is 46.5 Å². The monoisotopic (exact) mass is 348 g/mol. The van der Waals surface area contributed by atoms with Gasteiger partial charge in [-0.3, -0.25) is 9.59 Å². The van der Waals surface area contributed by atoms with E-state index in [9.17, 15) is 24.9 Å². The maximum atomic E-state index is 13.3. The topological polar surface area (TPSA) is 94.8 Å². The summed E-state index contributed by atoms with van der Waals surface area (Å²) < 4.78 is 0. The predicted molar refractivity (Wildman–Crippen MR) is 90.4 cm³/mol. The third-order valence-corrected chi connectivity index (χ3v) is 8.23. The third kappa shape index (κ3) is 1.75. The molecular weight excluding hydrogens is 320 g/mol. The predicted octanol–water partition coefficient (Wildman–Crippen LogP) is 1.25. The fourth-order valence-corrected chi connectivity index (χ4v) is 7.25. The molecule has 4 fully saturated rings. The molecule has 0 saturated heterocycles. The van der Waals surface area contributed by atoms with Crippen molar-refractivity contribution in [1.29, 1.82) is 0 Å². The lowest BCUT2D eigenvalue weighted by atomic mass is 9.39. The van der Waals surface area contributed by atoms with E-state index in [1.54, 1.807) is 0 Å². The minimum Gasteiger partial charge on any atom is -0.393 e. The van der Waals surface area contributed by atoms with Gasteiger partial charge in [-0.25, -0.2) is 0 Å². The number of fused-ring (bicyclic) bond motifs is 3. The van der Waals surface area contributed by atoms with Crippen LogP contribution < -0.4 is 0 Å². The molecule has 5 heteroatoms. The highest BCUT2D eigenvalue weighted by Crippen LogP contribution is 2.70. The molecule has 0 amide bonds. The number of aliphatic hydroxyl groups is 3. The Kier molecular flexibility index (Phi) is 3.35. The van der Waals surface area contributed by atoms with E-state index in [2.05, 4.69) is 6.58 Å². The van der Waals surface area contributed by atoms with Crippen LogP contribution in [0.2, 0.25) is 0 Å². The summed E-state index contributed by atoms with van der Waals surface area (Å²) in [4.78, 5) is 26.4. The molecule has 138 valence electrons. The van der Waals surface area contributed by atoms with Crippen LogP contribution >= 0.6 is 0 Å². The van der Waals surface area contributed by atoms with Gasteiger partial charge in [0.15, 0.2) is 11.6 Å². The van der Waals surface area contributed by atoms with Crippen molar-refractivity contribution in [2.45, 2.75) is 64.8 Å². The second-order valence-corrected chi connectivity index (χ2v) is 9.70. The molecule has 25 heavy (non-hydrogen) atoms. The molecule has 3 N–H and O–H groups in total. The molecule has 0 aliphatic heterocycles. The molecule has 0 aromatic rings. The van der Waals surface area contributed by atoms with Crippen LogP contribution in [0.5, 0.6) is 0 Å². The second-order valence-electron chi connectivity index (χ2n) is 9.70. The van der Waals surface area contributed by atoms with Crippen molar-refractivity contribution < 1.29 is 24.9 Å². The van der Waals surface area contributed by atoms with Crippen LogP contribution in [-0.4, -0.2) is 45.2 Å². The molecule has 4 aliphatic rings. The fourth-order valence-electron chi connectivity index (χ4n) is 7.25. The zero-order chi connectivity index (χ0) is 18.5. The van der Waals surface area contributed by atoms with Gasteiger partial charge in [-0.1, -0.05) is 27.4 Å². The molecular formula is C20H28O5. The van der Waals surface area contributed by atoms with E-state index in [1.807, 2.05) is 20.8 Å². The van der Waals surface area contributed by atoms with Crippen molar-refractivity contribution in [3.8, 4) is 0 Å². The molecule has 4 saturated carbocycles. The number of carbonyl (C=O) groups is 2. The molecule has 0 aromatic carbocycles. The van der Waals surface area contributed by atoms with Crippen molar-refractivity contribution in [1.82, 2.24) is 0 Å². The molecule has 8 atom stereocenters. The summed E-state index contributed by atoms with van der Waals surface area (Å²) in [6.45, 7) is 9.59. The number of ketones is 2. The van der Waals surface area contributed by atoms with Gasteiger partial charge in [-0.05, 0) is 42.6 Å². The molecule has 4 aliphatic carbocycles. The van der Waals surface area contributed by atoms with Gasteiger partial charge in [0.25, 0.3) is 0 Å². The fraction of sp³-hybridized carbons (Fsp3) is 0.800. The molecule has 0 unspecified atom stereocenters. The quantitative estimate of drug-likeness (QED) is 0.573. The average molecular weight is 348 g/mol. The standard InChI is InChI=1S/C20H28O5/c1-9-10-7-11(21)14-19(4)6-5-12(22)18(2,3)15(19)13(23)17(25)20(14,8-10)16(9)24/h10-12,14-15,17,21-22,25H,1,5-8H2,2-4H3/t10-,11+,12+,14+,15-,17-,19+,20+/m1/s1. The van der Waals surface area contributed by atoms with Crippen molar-refractivity contribution in [3.63, 3.8) is 0 Å². The molecule has 0 radical (unpaired) electrons. The largest absolute Gasteiger partial charge is 0.393 e. The van der Waals surface area contributed by atoms with Crippen molar-refractivity contribution in [2.24, 2.45) is 34.0 Å². The van der Waals surface area contributed by atoms with Crippen molar-refractivity contribution >= 4 is 11.6 Å². The minimum absolute atomic E-state index is 0.149. The van der Waals surface area contributed by atoms with E-state index in [4.69, 9.17) is 0 Å². The smallest absolute Gasteiger partial charge is 0.168 e. The summed E-state index contributed by atoms with van der Waals surface area (Å²) in [7, 11) is 0. The first-order valence-corrected chi connectivity index (χ1v) is 9.31. The van der Waals surface area contributed by atoms with Crippen LogP contribution in [0.15, 0.2) is 12.2 Å². The molecule has 5 nitrogen and oxygen atoms in total. The second kappa shape index (κ2) is 4.81. The van der Waals surface area contributed by atoms with Gasteiger partial charge in [0, 0.05) is 17.3 Å². The Morgan fingerprint density at radius 3 is 2.40 bits per heavy atom. The minimum atomic E-state index is -1.43. The summed E-state index contributed by atoms with van der Waals surface area (Å²) in [5, 5.41) is 32.5. The van der Waals surface area contributed by atoms with Crippen LogP contribution in [0.3, 0.4) is 0 Å². The highest BCUT2D eigenvalue weighted by atomic mass is 16.3. The van der Waals surface area contributed by atoms with Gasteiger partial charge in [-0.15, -0.1) is 0 Å². The van der Waals surface area contributed by atoms with Gasteiger partial charge >= 0.3 is 0 Å². The number of Topliss-reactive ketones (excluding diaryl/α,β-unsaturated/α-hetero) is 2. The number of allylic oxidation sites excluding steroid dienone is 1. The number of rotatable bonds is 0. The van der Waals surface area contributed by atoms with Gasteiger partial charge in [0.2, 0.25) is 0 Å². The van der Waals surface area contributed by atoms with Gasteiger partial charge in [0.1, 0.15) is 6.10 Å². The molecule has 0 aromatic heterocycles. The van der Waals surface area contributed by atoms with Gasteiger partial charge in [0.05, 0.1) is 17.6 Å². The normalized spacial score (nSPS) is 54.2. The maximum Gasteiger partial charge on any atom is 0.168 e. The summed E-state index contributed by atoms with van der Waals surface area (Å²) >= 11 is 0. The Labute approximate surface area is 148 Å². The van der Waals surface area contributed by atoms with Crippen LogP contribution in [0, 0.1) is 34.0 Å². The lowest BCUT2D eigenvalue weighted by Crippen LogP contribution is -2.71. The van der Waals surface area contributed by atoms with E-state index < -0.39 is 46.4 Å². The Bertz CT molecular complexity index is 682. The maximum absolute atomic E-state index is 13.3. The molecule has 4 rings (SSSR count). The van der Waals surface area contributed by atoms with E-state index in [0.717, 1.165) is 0 Å². The van der Waals surface area contributed by atoms with E-state index >= 15 is 0 Å². The number of carbonyl (C=O) groups excluding carboxylic acids is 2. The highest BCUT2D eigenvalue weighted by Gasteiger charge is 2.75. The Hall–Kier alpha value is -1.04. The zero-order valence-corrected chi connectivity index (χ0v) is 15.2.